The third kappa shape index (κ3) is 6.77. The van der Waals surface area contributed by atoms with Crippen LogP contribution < -0.4 is 5.32 Å². The summed E-state index contributed by atoms with van der Waals surface area (Å²) in [6.45, 7) is 9.44. The molecule has 3 N–H and O–H groups in total. The molecular formula is C39H45N9O2. The second-order valence-corrected chi connectivity index (χ2v) is 14.0. The number of aromatic amines is 2. The van der Waals surface area contributed by atoms with E-state index < -0.39 is 6.04 Å². The number of benzene rings is 2. The first-order chi connectivity index (χ1) is 24.3. The van der Waals surface area contributed by atoms with Crippen LogP contribution in [0.15, 0.2) is 79.4 Å². The van der Waals surface area contributed by atoms with E-state index in [-0.39, 0.29) is 35.7 Å². The second-order valence-electron chi connectivity index (χ2n) is 14.0. The van der Waals surface area contributed by atoms with E-state index in [1.54, 1.807) is 18.5 Å². The molecule has 2 aliphatic rings. The van der Waals surface area contributed by atoms with Gasteiger partial charge in [-0.05, 0) is 59.9 Å². The van der Waals surface area contributed by atoms with Crippen LogP contribution in [0.3, 0.4) is 0 Å². The highest BCUT2D eigenvalue weighted by Crippen LogP contribution is 2.35. The Labute approximate surface area is 293 Å². The van der Waals surface area contributed by atoms with Crippen LogP contribution in [0.1, 0.15) is 77.1 Å². The smallest absolute Gasteiger partial charge is 0.246 e. The summed E-state index contributed by atoms with van der Waals surface area (Å²) in [4.78, 5) is 55.4. The summed E-state index contributed by atoms with van der Waals surface area (Å²) in [6, 6.07) is 18.1. The Morgan fingerprint density at radius 1 is 0.680 bits per heavy atom. The van der Waals surface area contributed by atoms with Crippen molar-refractivity contribution in [3.63, 3.8) is 0 Å². The van der Waals surface area contributed by atoms with Crippen molar-refractivity contribution in [2.75, 3.05) is 18.4 Å². The van der Waals surface area contributed by atoms with E-state index in [0.29, 0.717) is 12.5 Å². The normalized spacial score (nSPS) is 18.3. The van der Waals surface area contributed by atoms with Crippen LogP contribution in [-0.4, -0.2) is 70.6 Å². The minimum atomic E-state index is -0.435. The predicted octanol–water partition coefficient (Wildman–Crippen LogP) is 7.04. The molecule has 2 fully saturated rings. The lowest BCUT2D eigenvalue weighted by molar-refractivity contribution is -0.135. The first kappa shape index (κ1) is 33.2. The van der Waals surface area contributed by atoms with Gasteiger partial charge in [-0.1, -0.05) is 76.2 Å². The first-order valence-corrected chi connectivity index (χ1v) is 17.7. The first-order valence-electron chi connectivity index (χ1n) is 17.7. The molecule has 11 heteroatoms. The van der Waals surface area contributed by atoms with Crippen molar-refractivity contribution in [1.82, 2.24) is 39.7 Å². The molecule has 2 amide bonds. The van der Waals surface area contributed by atoms with Crippen molar-refractivity contribution in [2.45, 2.75) is 71.5 Å². The number of nitrogens with zero attached hydrogens (tertiary/aromatic N) is 6. The lowest BCUT2D eigenvalue weighted by Gasteiger charge is -2.30. The number of carbonyl (C=O) groups is 2. The van der Waals surface area contributed by atoms with E-state index in [4.69, 9.17) is 4.98 Å². The van der Waals surface area contributed by atoms with E-state index in [1.165, 1.54) is 0 Å². The molecule has 0 aliphatic carbocycles. The summed E-state index contributed by atoms with van der Waals surface area (Å²) in [5.41, 5.74) is 6.18. The number of nitrogens with one attached hydrogen (secondary N) is 3. The number of rotatable bonds is 10. The Balaban J connectivity index is 1.01. The van der Waals surface area contributed by atoms with Gasteiger partial charge in [0.1, 0.15) is 17.7 Å². The number of imidazole rings is 2. The van der Waals surface area contributed by atoms with Gasteiger partial charge in [-0.15, -0.1) is 0 Å². The quantitative estimate of drug-likeness (QED) is 0.145. The van der Waals surface area contributed by atoms with Crippen LogP contribution in [0.4, 0.5) is 5.95 Å². The van der Waals surface area contributed by atoms with Gasteiger partial charge in [-0.25, -0.2) is 19.9 Å². The van der Waals surface area contributed by atoms with Crippen LogP contribution in [-0.2, 0) is 9.59 Å². The Hall–Kier alpha value is -5.32. The zero-order chi connectivity index (χ0) is 34.8. The number of anilines is 1. The number of carbonyl (C=O) groups excluding carboxylic acids is 2. The fourth-order valence-electron chi connectivity index (χ4n) is 7.16. The van der Waals surface area contributed by atoms with Crippen molar-refractivity contribution in [2.24, 2.45) is 11.8 Å². The molecule has 5 heterocycles. The Bertz CT molecular complexity index is 1910. The van der Waals surface area contributed by atoms with Crippen molar-refractivity contribution < 1.29 is 9.59 Å². The molecule has 0 bridgehead atoms. The maximum absolute atomic E-state index is 13.8. The molecule has 3 aromatic heterocycles. The standard InChI is InChI=1S/C39H45N9O2/c1-24(2)34(46-39-40-18-7-19-41-39)38(50)48-21-6-9-33(48)36-43-23-31(45-36)29-16-12-27(13-17-29)26-10-14-28(15-11-26)30-22-42-35(44-30)32-8-5-20-47(32)37(49)25(3)4/h7,10-19,22-25,32-34H,5-6,8-9,20-21H2,1-4H3,(H,42,44)(H,43,45)(H,40,41,46)/t32-,33-,34+/m0/s1. The maximum atomic E-state index is 13.8. The summed E-state index contributed by atoms with van der Waals surface area (Å²) in [5.74, 6) is 2.37. The number of aromatic nitrogens is 6. The molecule has 7 rings (SSSR count). The topological polar surface area (TPSA) is 136 Å². The Kier molecular flexibility index (Phi) is 9.47. The monoisotopic (exact) mass is 671 g/mol. The second kappa shape index (κ2) is 14.3. The van der Waals surface area contributed by atoms with Gasteiger partial charge >= 0.3 is 0 Å². The molecule has 258 valence electrons. The molecular weight excluding hydrogens is 626 g/mol. The van der Waals surface area contributed by atoms with Gasteiger partial charge in [0.05, 0.1) is 35.9 Å². The molecule has 5 aromatic rings. The number of hydrogen-bond donors (Lipinski definition) is 3. The molecule has 2 saturated heterocycles. The van der Waals surface area contributed by atoms with Crippen molar-refractivity contribution >= 4 is 17.8 Å². The minimum Gasteiger partial charge on any atom is -0.342 e. The third-order valence-electron chi connectivity index (χ3n) is 9.90. The average Bonchev–Trinajstić information content (AvgIpc) is 3.97. The summed E-state index contributed by atoms with van der Waals surface area (Å²) in [7, 11) is 0. The van der Waals surface area contributed by atoms with Gasteiger partial charge in [0.25, 0.3) is 0 Å². The van der Waals surface area contributed by atoms with Crippen molar-refractivity contribution in [3.05, 3.63) is 91.0 Å². The van der Waals surface area contributed by atoms with E-state index in [0.717, 1.165) is 77.5 Å². The fraction of sp³-hybridized carbons (Fsp3) is 0.385. The Morgan fingerprint density at radius 3 is 1.60 bits per heavy atom. The molecule has 3 atom stereocenters. The predicted molar refractivity (Wildman–Crippen MR) is 194 cm³/mol. The molecule has 11 nitrogen and oxygen atoms in total. The SMILES string of the molecule is CC(C)C(=O)N1CCC[C@H]1c1ncc(-c2ccc(-c3ccc(-c4cnc([C@@H]5CCCN5C(=O)[C@H](Nc5ncccn5)C(C)C)[nH]4)cc3)cc2)[nH]1. The summed E-state index contributed by atoms with van der Waals surface area (Å²) in [5, 5.41) is 3.25. The van der Waals surface area contributed by atoms with Crippen LogP contribution in [0, 0.1) is 11.8 Å². The lowest BCUT2D eigenvalue weighted by Crippen LogP contribution is -2.45. The number of amides is 2. The molecule has 50 heavy (non-hydrogen) atoms. The lowest BCUT2D eigenvalue weighted by atomic mass is 10.0. The van der Waals surface area contributed by atoms with E-state index in [1.807, 2.05) is 49.9 Å². The van der Waals surface area contributed by atoms with Crippen LogP contribution >= 0.6 is 0 Å². The molecule has 0 unspecified atom stereocenters. The van der Waals surface area contributed by atoms with E-state index in [2.05, 4.69) is 78.8 Å². The minimum absolute atomic E-state index is 0.0111. The molecule has 2 aliphatic heterocycles. The van der Waals surface area contributed by atoms with Crippen LogP contribution in [0.5, 0.6) is 0 Å². The summed E-state index contributed by atoms with van der Waals surface area (Å²) < 4.78 is 0. The number of likely N-dealkylation sites (tertiary alicyclic amines) is 2. The third-order valence-corrected chi connectivity index (χ3v) is 9.90. The number of H-pyrrole nitrogens is 2. The average molecular weight is 672 g/mol. The Morgan fingerprint density at radius 2 is 1.14 bits per heavy atom. The van der Waals surface area contributed by atoms with Crippen LogP contribution in [0.25, 0.3) is 33.6 Å². The van der Waals surface area contributed by atoms with Gasteiger partial charge in [-0.2, -0.15) is 0 Å². The van der Waals surface area contributed by atoms with E-state index >= 15 is 0 Å². The summed E-state index contributed by atoms with van der Waals surface area (Å²) >= 11 is 0. The van der Waals surface area contributed by atoms with E-state index in [9.17, 15) is 9.59 Å². The van der Waals surface area contributed by atoms with Gasteiger partial charge in [-0.3, -0.25) is 9.59 Å². The highest BCUT2D eigenvalue weighted by Gasteiger charge is 2.37. The van der Waals surface area contributed by atoms with Crippen molar-refractivity contribution in [3.8, 4) is 33.6 Å². The zero-order valence-corrected chi connectivity index (χ0v) is 29.1. The maximum Gasteiger partial charge on any atom is 0.246 e. The highest BCUT2D eigenvalue weighted by molar-refractivity contribution is 5.85. The molecule has 0 radical (unpaired) electrons. The molecule has 2 aromatic carbocycles. The molecule has 0 saturated carbocycles. The van der Waals surface area contributed by atoms with Crippen LogP contribution in [0.2, 0.25) is 0 Å². The van der Waals surface area contributed by atoms with Gasteiger partial charge in [0.15, 0.2) is 0 Å². The van der Waals surface area contributed by atoms with Gasteiger partial charge < -0.3 is 25.1 Å². The largest absolute Gasteiger partial charge is 0.342 e. The summed E-state index contributed by atoms with van der Waals surface area (Å²) in [6.07, 6.45) is 10.8. The van der Waals surface area contributed by atoms with Gasteiger partial charge in [0, 0.05) is 31.4 Å². The van der Waals surface area contributed by atoms with Crippen molar-refractivity contribution in [1.29, 1.82) is 0 Å². The van der Waals surface area contributed by atoms with Gasteiger partial charge in [0.2, 0.25) is 17.8 Å². The zero-order valence-electron chi connectivity index (χ0n) is 29.1. The molecule has 0 spiro atoms. The fourth-order valence-corrected chi connectivity index (χ4v) is 7.16. The number of hydrogen-bond acceptors (Lipinski definition) is 7. The highest BCUT2D eigenvalue weighted by atomic mass is 16.2.